The summed E-state index contributed by atoms with van der Waals surface area (Å²) in [7, 11) is 0. The van der Waals surface area contributed by atoms with Crippen LogP contribution in [0.3, 0.4) is 0 Å². The monoisotopic (exact) mass is 397 g/mol. The molecule has 30 heavy (non-hydrogen) atoms. The van der Waals surface area contributed by atoms with Crippen molar-refractivity contribution >= 4 is 16.9 Å². The van der Waals surface area contributed by atoms with Gasteiger partial charge in [-0.05, 0) is 47.5 Å². The number of rotatable bonds is 5. The zero-order valence-electron chi connectivity index (χ0n) is 16.2. The van der Waals surface area contributed by atoms with E-state index in [9.17, 15) is 4.79 Å². The SMILES string of the molecule is O=C(c1ccc2cccnc2n1)N(Cc1ccccc1)Cc1ccc2c(c1)OCO2. The molecule has 1 amide bonds. The van der Waals surface area contributed by atoms with Crippen LogP contribution in [0.1, 0.15) is 21.6 Å². The molecule has 2 aromatic carbocycles. The third-order valence-corrected chi connectivity index (χ3v) is 5.00. The number of nitrogens with zero attached hydrogens (tertiary/aromatic N) is 3. The summed E-state index contributed by atoms with van der Waals surface area (Å²) in [6, 6.07) is 23.1. The van der Waals surface area contributed by atoms with Crippen molar-refractivity contribution in [2.24, 2.45) is 0 Å². The Morgan fingerprint density at radius 2 is 1.70 bits per heavy atom. The fourth-order valence-corrected chi connectivity index (χ4v) is 3.50. The molecule has 0 saturated carbocycles. The van der Waals surface area contributed by atoms with Gasteiger partial charge in [-0.25, -0.2) is 9.97 Å². The van der Waals surface area contributed by atoms with E-state index in [1.165, 1.54) is 0 Å². The molecule has 0 unspecified atom stereocenters. The van der Waals surface area contributed by atoms with Gasteiger partial charge in [0.1, 0.15) is 5.69 Å². The lowest BCUT2D eigenvalue weighted by Crippen LogP contribution is -2.30. The van der Waals surface area contributed by atoms with Gasteiger partial charge in [0.2, 0.25) is 6.79 Å². The highest BCUT2D eigenvalue weighted by Gasteiger charge is 2.20. The molecule has 0 saturated heterocycles. The van der Waals surface area contributed by atoms with Crippen LogP contribution in [-0.4, -0.2) is 27.6 Å². The minimum Gasteiger partial charge on any atom is -0.454 e. The molecule has 0 bridgehead atoms. The maximum absolute atomic E-state index is 13.4. The number of pyridine rings is 2. The summed E-state index contributed by atoms with van der Waals surface area (Å²) in [5, 5.41) is 0.902. The van der Waals surface area contributed by atoms with Gasteiger partial charge in [0.05, 0.1) is 0 Å². The van der Waals surface area contributed by atoms with E-state index in [-0.39, 0.29) is 12.7 Å². The Labute approximate surface area is 173 Å². The number of carbonyl (C=O) groups is 1. The number of hydrogen-bond acceptors (Lipinski definition) is 5. The van der Waals surface area contributed by atoms with Crippen LogP contribution in [0, 0.1) is 0 Å². The third-order valence-electron chi connectivity index (χ3n) is 5.00. The molecule has 0 spiro atoms. The molecule has 0 fully saturated rings. The normalized spacial score (nSPS) is 12.1. The summed E-state index contributed by atoms with van der Waals surface area (Å²) in [5.41, 5.74) is 2.94. The first-order valence-corrected chi connectivity index (χ1v) is 9.70. The lowest BCUT2D eigenvalue weighted by atomic mass is 10.1. The molecule has 0 aliphatic carbocycles. The van der Waals surface area contributed by atoms with Crippen LogP contribution in [0.25, 0.3) is 11.0 Å². The lowest BCUT2D eigenvalue weighted by Gasteiger charge is -2.23. The predicted molar refractivity (Wildman–Crippen MR) is 112 cm³/mol. The van der Waals surface area contributed by atoms with Crippen LogP contribution in [0.2, 0.25) is 0 Å². The fourth-order valence-electron chi connectivity index (χ4n) is 3.50. The van der Waals surface area contributed by atoms with Gasteiger partial charge in [0.25, 0.3) is 5.91 Å². The largest absolute Gasteiger partial charge is 0.454 e. The van der Waals surface area contributed by atoms with Gasteiger partial charge >= 0.3 is 0 Å². The number of carbonyl (C=O) groups excluding carboxylic acids is 1. The zero-order valence-corrected chi connectivity index (χ0v) is 16.2. The number of hydrogen-bond donors (Lipinski definition) is 0. The second-order valence-electron chi connectivity index (χ2n) is 7.08. The molecule has 148 valence electrons. The third kappa shape index (κ3) is 3.67. The van der Waals surface area contributed by atoms with Crippen molar-refractivity contribution in [3.63, 3.8) is 0 Å². The summed E-state index contributed by atoms with van der Waals surface area (Å²) in [6.45, 7) is 1.11. The average Bonchev–Trinajstić information content (AvgIpc) is 3.26. The molecule has 5 rings (SSSR count). The Balaban J connectivity index is 1.47. The molecule has 0 N–H and O–H groups in total. The lowest BCUT2D eigenvalue weighted by molar-refractivity contribution is 0.0724. The minimum absolute atomic E-state index is 0.149. The van der Waals surface area contributed by atoms with Crippen LogP contribution in [0.5, 0.6) is 11.5 Å². The smallest absolute Gasteiger partial charge is 0.273 e. The summed E-state index contributed by atoms with van der Waals surface area (Å²) in [6.07, 6.45) is 1.68. The average molecular weight is 397 g/mol. The highest BCUT2D eigenvalue weighted by molar-refractivity contribution is 5.94. The fraction of sp³-hybridized carbons (Fsp3) is 0.125. The van der Waals surface area contributed by atoms with Crippen molar-refractivity contribution in [1.82, 2.24) is 14.9 Å². The van der Waals surface area contributed by atoms with Crippen molar-refractivity contribution < 1.29 is 14.3 Å². The molecular formula is C24H19N3O3. The Hall–Kier alpha value is -3.93. The summed E-state index contributed by atoms with van der Waals surface area (Å²) in [5.74, 6) is 1.28. The van der Waals surface area contributed by atoms with Gasteiger partial charge in [0, 0.05) is 24.7 Å². The standard InChI is InChI=1S/C24H19N3O3/c28-24(20-10-9-19-7-4-12-25-23(19)26-20)27(14-17-5-2-1-3-6-17)15-18-8-11-21-22(13-18)30-16-29-21/h1-13H,14-16H2. The van der Waals surface area contributed by atoms with Gasteiger partial charge in [-0.2, -0.15) is 0 Å². The molecule has 1 aliphatic rings. The molecule has 0 radical (unpaired) electrons. The van der Waals surface area contributed by atoms with Crippen molar-refractivity contribution in [2.45, 2.75) is 13.1 Å². The van der Waals surface area contributed by atoms with Gasteiger partial charge < -0.3 is 14.4 Å². The van der Waals surface area contributed by atoms with E-state index in [1.54, 1.807) is 17.2 Å². The molecular weight excluding hydrogens is 378 g/mol. The molecule has 4 aromatic rings. The second kappa shape index (κ2) is 7.83. The Bertz CT molecular complexity index is 1210. The van der Waals surface area contributed by atoms with Crippen molar-refractivity contribution in [3.05, 3.63) is 95.8 Å². The maximum atomic E-state index is 13.4. The number of amides is 1. The quantitative estimate of drug-likeness (QED) is 0.505. The van der Waals surface area contributed by atoms with E-state index >= 15 is 0 Å². The first kappa shape index (κ1) is 18.1. The predicted octanol–water partition coefficient (Wildman–Crippen LogP) is 4.20. The Kier molecular flexibility index (Phi) is 4.73. The maximum Gasteiger partial charge on any atom is 0.273 e. The highest BCUT2D eigenvalue weighted by atomic mass is 16.7. The summed E-state index contributed by atoms with van der Waals surface area (Å²) >= 11 is 0. The van der Waals surface area contributed by atoms with Gasteiger partial charge in [-0.3, -0.25) is 4.79 Å². The van der Waals surface area contributed by atoms with Crippen molar-refractivity contribution in [1.29, 1.82) is 0 Å². The van der Waals surface area contributed by atoms with Crippen LogP contribution in [0.4, 0.5) is 0 Å². The number of ether oxygens (including phenoxy) is 2. The second-order valence-corrected chi connectivity index (χ2v) is 7.08. The zero-order chi connectivity index (χ0) is 20.3. The Morgan fingerprint density at radius 1 is 0.867 bits per heavy atom. The van der Waals surface area contributed by atoms with Crippen molar-refractivity contribution in [3.8, 4) is 11.5 Å². The van der Waals surface area contributed by atoms with E-state index in [0.29, 0.717) is 30.2 Å². The van der Waals surface area contributed by atoms with Crippen molar-refractivity contribution in [2.75, 3.05) is 6.79 Å². The van der Waals surface area contributed by atoms with Crippen LogP contribution in [-0.2, 0) is 13.1 Å². The molecule has 0 atom stereocenters. The summed E-state index contributed by atoms with van der Waals surface area (Å²) < 4.78 is 10.9. The molecule has 2 aromatic heterocycles. The highest BCUT2D eigenvalue weighted by Crippen LogP contribution is 2.33. The molecule has 6 nitrogen and oxygen atoms in total. The molecule has 6 heteroatoms. The Morgan fingerprint density at radius 3 is 2.60 bits per heavy atom. The van der Waals surface area contributed by atoms with Gasteiger partial charge in [-0.15, -0.1) is 0 Å². The minimum atomic E-state index is -0.149. The van der Waals surface area contributed by atoms with Gasteiger partial charge in [-0.1, -0.05) is 36.4 Å². The summed E-state index contributed by atoms with van der Waals surface area (Å²) in [4.78, 5) is 24.0. The van der Waals surface area contributed by atoms with E-state index in [0.717, 1.165) is 22.3 Å². The van der Waals surface area contributed by atoms with E-state index in [1.807, 2.05) is 66.7 Å². The first-order chi connectivity index (χ1) is 14.8. The number of aromatic nitrogens is 2. The van der Waals surface area contributed by atoms with Gasteiger partial charge in [0.15, 0.2) is 17.1 Å². The van der Waals surface area contributed by atoms with E-state index in [4.69, 9.17) is 9.47 Å². The molecule has 1 aliphatic heterocycles. The number of fused-ring (bicyclic) bond motifs is 2. The van der Waals surface area contributed by atoms with Crippen LogP contribution in [0.15, 0.2) is 79.0 Å². The van der Waals surface area contributed by atoms with Crippen LogP contribution < -0.4 is 9.47 Å². The number of benzene rings is 2. The van der Waals surface area contributed by atoms with E-state index < -0.39 is 0 Å². The van der Waals surface area contributed by atoms with Crippen LogP contribution >= 0.6 is 0 Å². The topological polar surface area (TPSA) is 64.6 Å². The van der Waals surface area contributed by atoms with E-state index in [2.05, 4.69) is 9.97 Å². The molecule has 3 heterocycles. The first-order valence-electron chi connectivity index (χ1n) is 9.70.